The Hall–Kier alpha value is -1.88. The van der Waals surface area contributed by atoms with E-state index in [-0.39, 0.29) is 17.7 Å². The number of anilines is 1. The normalized spacial score (nSPS) is 29.5. The molecule has 140 valence electrons. The Labute approximate surface area is 155 Å². The first kappa shape index (κ1) is 17.5. The highest BCUT2D eigenvalue weighted by Crippen LogP contribution is 2.31. The van der Waals surface area contributed by atoms with Crippen molar-refractivity contribution in [3.05, 3.63) is 30.3 Å². The molecule has 0 aliphatic carbocycles. The molecule has 3 aliphatic heterocycles. The number of hydrogen-bond acceptors (Lipinski definition) is 3. The van der Waals surface area contributed by atoms with Crippen LogP contribution >= 0.6 is 0 Å². The van der Waals surface area contributed by atoms with Crippen molar-refractivity contribution in [2.24, 2.45) is 11.8 Å². The number of nitrogens with one attached hydrogen (secondary N) is 1. The molecule has 3 aliphatic rings. The molecule has 1 aromatic rings. The van der Waals surface area contributed by atoms with Gasteiger partial charge in [0.2, 0.25) is 11.8 Å². The average molecular weight is 355 g/mol. The lowest BCUT2D eigenvalue weighted by atomic mass is 9.83. The molecule has 4 rings (SSSR count). The van der Waals surface area contributed by atoms with Crippen LogP contribution in [-0.2, 0) is 9.59 Å². The van der Waals surface area contributed by atoms with Crippen molar-refractivity contribution in [1.29, 1.82) is 0 Å². The Bertz CT molecular complexity index is 646. The third-order valence-corrected chi connectivity index (χ3v) is 6.33. The molecule has 3 atom stereocenters. The van der Waals surface area contributed by atoms with Crippen LogP contribution in [0.5, 0.6) is 0 Å². The summed E-state index contributed by atoms with van der Waals surface area (Å²) in [6.45, 7) is 3.70. The van der Waals surface area contributed by atoms with Gasteiger partial charge in [0.25, 0.3) is 0 Å². The van der Waals surface area contributed by atoms with E-state index in [9.17, 15) is 9.59 Å². The molecule has 0 unspecified atom stereocenters. The fourth-order valence-electron chi connectivity index (χ4n) is 4.93. The summed E-state index contributed by atoms with van der Waals surface area (Å²) in [5.74, 6) is 0.432. The first-order valence-electron chi connectivity index (χ1n) is 10.1. The standard InChI is InChI=1S/C21H29N3O2/c25-20-13-17(15-24(20)18-8-2-1-3-9-18)21(26)22-14-16-7-6-12-23-11-5-4-10-19(16)23/h1-3,8-9,16-17,19H,4-7,10-15H2,(H,22,26)/t16-,17+,19-/m1/s1. The van der Waals surface area contributed by atoms with Crippen LogP contribution in [0.2, 0.25) is 0 Å². The summed E-state index contributed by atoms with van der Waals surface area (Å²) >= 11 is 0. The van der Waals surface area contributed by atoms with Crippen LogP contribution in [0.4, 0.5) is 5.69 Å². The molecule has 3 heterocycles. The molecule has 3 fully saturated rings. The van der Waals surface area contributed by atoms with E-state index in [0.29, 0.717) is 24.9 Å². The summed E-state index contributed by atoms with van der Waals surface area (Å²) in [6.07, 6.45) is 6.66. The Morgan fingerprint density at radius 3 is 2.73 bits per heavy atom. The summed E-state index contributed by atoms with van der Waals surface area (Å²) in [4.78, 5) is 29.4. The molecule has 0 radical (unpaired) electrons. The second-order valence-electron chi connectivity index (χ2n) is 7.99. The predicted molar refractivity (Wildman–Crippen MR) is 102 cm³/mol. The number of piperidine rings is 2. The molecule has 0 aromatic heterocycles. The molecule has 0 saturated carbocycles. The molecule has 3 saturated heterocycles. The van der Waals surface area contributed by atoms with Gasteiger partial charge in [-0.1, -0.05) is 24.6 Å². The summed E-state index contributed by atoms with van der Waals surface area (Å²) in [7, 11) is 0. The number of rotatable bonds is 4. The monoisotopic (exact) mass is 355 g/mol. The molecule has 0 spiro atoms. The molecule has 26 heavy (non-hydrogen) atoms. The van der Waals surface area contributed by atoms with Gasteiger partial charge < -0.3 is 15.1 Å². The minimum atomic E-state index is -0.228. The molecule has 2 amide bonds. The number of fused-ring (bicyclic) bond motifs is 1. The van der Waals surface area contributed by atoms with Gasteiger partial charge in [0.1, 0.15) is 0 Å². The number of amides is 2. The second-order valence-corrected chi connectivity index (χ2v) is 7.99. The van der Waals surface area contributed by atoms with Crippen LogP contribution in [-0.4, -0.2) is 48.9 Å². The van der Waals surface area contributed by atoms with E-state index in [0.717, 1.165) is 12.2 Å². The van der Waals surface area contributed by atoms with Crippen molar-refractivity contribution in [3.8, 4) is 0 Å². The van der Waals surface area contributed by atoms with Gasteiger partial charge in [0, 0.05) is 31.2 Å². The maximum Gasteiger partial charge on any atom is 0.227 e. The van der Waals surface area contributed by atoms with E-state index >= 15 is 0 Å². The van der Waals surface area contributed by atoms with Gasteiger partial charge in [0.15, 0.2) is 0 Å². The lowest BCUT2D eigenvalue weighted by Crippen LogP contribution is -2.51. The fraction of sp³-hybridized carbons (Fsp3) is 0.619. The lowest BCUT2D eigenvalue weighted by molar-refractivity contribution is -0.126. The summed E-state index contributed by atoms with van der Waals surface area (Å²) in [6, 6.07) is 10.3. The Balaban J connectivity index is 1.32. The maximum atomic E-state index is 12.7. The third-order valence-electron chi connectivity index (χ3n) is 6.33. The quantitative estimate of drug-likeness (QED) is 0.902. The number of para-hydroxylation sites is 1. The van der Waals surface area contributed by atoms with Crippen LogP contribution in [0.25, 0.3) is 0 Å². The van der Waals surface area contributed by atoms with Crippen molar-refractivity contribution >= 4 is 17.5 Å². The fourth-order valence-corrected chi connectivity index (χ4v) is 4.93. The van der Waals surface area contributed by atoms with Crippen LogP contribution < -0.4 is 10.2 Å². The van der Waals surface area contributed by atoms with Crippen LogP contribution in [0.1, 0.15) is 38.5 Å². The molecular formula is C21H29N3O2. The molecular weight excluding hydrogens is 326 g/mol. The van der Waals surface area contributed by atoms with Gasteiger partial charge in [-0.15, -0.1) is 0 Å². The maximum absolute atomic E-state index is 12.7. The number of carbonyl (C=O) groups excluding carboxylic acids is 2. The van der Waals surface area contributed by atoms with E-state index in [2.05, 4.69) is 10.2 Å². The van der Waals surface area contributed by atoms with Gasteiger partial charge in [-0.25, -0.2) is 0 Å². The summed E-state index contributed by atoms with van der Waals surface area (Å²) in [5, 5.41) is 3.18. The SMILES string of the molecule is O=C(NC[C@H]1CCCN2CCCC[C@H]12)[C@H]1CC(=O)N(c2ccccc2)C1. The largest absolute Gasteiger partial charge is 0.355 e. The topological polar surface area (TPSA) is 52.7 Å². The smallest absolute Gasteiger partial charge is 0.227 e. The average Bonchev–Trinajstić information content (AvgIpc) is 3.08. The molecule has 5 heteroatoms. The van der Waals surface area contributed by atoms with E-state index in [1.165, 1.54) is 45.2 Å². The number of nitrogens with zero attached hydrogens (tertiary/aromatic N) is 2. The predicted octanol–water partition coefficient (Wildman–Crippen LogP) is 2.42. The van der Waals surface area contributed by atoms with E-state index < -0.39 is 0 Å². The van der Waals surface area contributed by atoms with Crippen LogP contribution in [0, 0.1) is 11.8 Å². The van der Waals surface area contributed by atoms with Gasteiger partial charge in [-0.2, -0.15) is 0 Å². The van der Waals surface area contributed by atoms with Gasteiger partial charge in [-0.05, 0) is 56.8 Å². The zero-order valence-electron chi connectivity index (χ0n) is 15.4. The highest BCUT2D eigenvalue weighted by atomic mass is 16.2. The van der Waals surface area contributed by atoms with Crippen molar-refractivity contribution in [2.45, 2.75) is 44.6 Å². The summed E-state index contributed by atoms with van der Waals surface area (Å²) in [5.41, 5.74) is 0.887. The van der Waals surface area contributed by atoms with Gasteiger partial charge >= 0.3 is 0 Å². The second kappa shape index (κ2) is 7.78. The molecule has 0 bridgehead atoms. The van der Waals surface area contributed by atoms with Crippen molar-refractivity contribution in [1.82, 2.24) is 10.2 Å². The summed E-state index contributed by atoms with van der Waals surface area (Å²) < 4.78 is 0. The Morgan fingerprint density at radius 2 is 1.88 bits per heavy atom. The minimum absolute atomic E-state index is 0.0460. The van der Waals surface area contributed by atoms with E-state index in [1.54, 1.807) is 4.90 Å². The van der Waals surface area contributed by atoms with Gasteiger partial charge in [0.05, 0.1) is 5.92 Å². The highest BCUT2D eigenvalue weighted by Gasteiger charge is 2.37. The zero-order chi connectivity index (χ0) is 17.9. The van der Waals surface area contributed by atoms with Crippen LogP contribution in [0.15, 0.2) is 30.3 Å². The third kappa shape index (κ3) is 3.63. The highest BCUT2D eigenvalue weighted by molar-refractivity contribution is 6.00. The van der Waals surface area contributed by atoms with E-state index in [4.69, 9.17) is 0 Å². The first-order chi connectivity index (χ1) is 12.7. The number of benzene rings is 1. The molecule has 5 nitrogen and oxygen atoms in total. The Morgan fingerprint density at radius 1 is 1.08 bits per heavy atom. The van der Waals surface area contributed by atoms with Crippen molar-refractivity contribution < 1.29 is 9.59 Å². The molecule has 1 aromatic carbocycles. The van der Waals surface area contributed by atoms with Crippen LogP contribution in [0.3, 0.4) is 0 Å². The van der Waals surface area contributed by atoms with Crippen molar-refractivity contribution in [3.63, 3.8) is 0 Å². The molecule has 1 N–H and O–H groups in total. The van der Waals surface area contributed by atoms with E-state index in [1.807, 2.05) is 30.3 Å². The first-order valence-corrected chi connectivity index (χ1v) is 10.1. The Kier molecular flexibility index (Phi) is 5.25. The zero-order valence-corrected chi connectivity index (χ0v) is 15.4. The van der Waals surface area contributed by atoms with Gasteiger partial charge in [-0.3, -0.25) is 9.59 Å². The lowest BCUT2D eigenvalue weighted by Gasteiger charge is -2.44. The number of hydrogen-bond donors (Lipinski definition) is 1. The minimum Gasteiger partial charge on any atom is -0.355 e. The van der Waals surface area contributed by atoms with Crippen molar-refractivity contribution in [2.75, 3.05) is 31.1 Å². The number of carbonyl (C=O) groups is 2.